The number of nitrogens with zero attached hydrogens (tertiary/aromatic N) is 2. The van der Waals surface area contributed by atoms with E-state index in [0.717, 1.165) is 5.56 Å². The molecule has 2 aromatic rings. The fourth-order valence-electron chi connectivity index (χ4n) is 2.69. The van der Waals surface area contributed by atoms with Crippen molar-refractivity contribution in [2.75, 3.05) is 32.6 Å². The number of nitrogens with one attached hydrogen (secondary N) is 1. The number of alkyl halides is 2. The number of anilines is 1. The molecule has 2 aromatic carbocycles. The molecule has 1 N–H and O–H groups in total. The zero-order valence-corrected chi connectivity index (χ0v) is 16.1. The SMILES string of the molecule is COc1cc(CCNC(=O)c2cc([N+](=O)[O-])ccc2N(C)C)ccc1OC(F)F. The molecule has 0 unspecified atom stereocenters. The molecule has 156 valence electrons. The molecular formula is C19H21F2N3O5. The van der Waals surface area contributed by atoms with Crippen LogP contribution in [-0.2, 0) is 6.42 Å². The molecule has 0 fully saturated rings. The van der Waals surface area contributed by atoms with E-state index in [1.807, 2.05) is 0 Å². The minimum atomic E-state index is -2.96. The van der Waals surface area contributed by atoms with Crippen LogP contribution in [0.25, 0.3) is 0 Å². The average Bonchev–Trinajstić information content (AvgIpc) is 2.67. The molecule has 0 spiro atoms. The van der Waals surface area contributed by atoms with E-state index in [1.54, 1.807) is 31.1 Å². The lowest BCUT2D eigenvalue weighted by atomic mass is 10.1. The minimum Gasteiger partial charge on any atom is -0.493 e. The van der Waals surface area contributed by atoms with Gasteiger partial charge in [0.2, 0.25) is 0 Å². The first-order valence-corrected chi connectivity index (χ1v) is 8.58. The van der Waals surface area contributed by atoms with Gasteiger partial charge in [-0.05, 0) is 30.2 Å². The highest BCUT2D eigenvalue weighted by molar-refractivity contribution is 6.00. The third kappa shape index (κ3) is 5.77. The fourth-order valence-corrected chi connectivity index (χ4v) is 2.69. The van der Waals surface area contributed by atoms with Crippen LogP contribution < -0.4 is 19.7 Å². The molecule has 2 rings (SSSR count). The van der Waals surface area contributed by atoms with Gasteiger partial charge < -0.3 is 19.7 Å². The molecule has 0 bridgehead atoms. The van der Waals surface area contributed by atoms with Gasteiger partial charge in [0, 0.05) is 38.5 Å². The maximum absolute atomic E-state index is 12.5. The number of carbonyl (C=O) groups is 1. The summed E-state index contributed by atoms with van der Waals surface area (Å²) in [5.74, 6) is -0.382. The molecule has 1 amide bonds. The summed E-state index contributed by atoms with van der Waals surface area (Å²) in [6.45, 7) is -2.73. The van der Waals surface area contributed by atoms with Crippen LogP contribution >= 0.6 is 0 Å². The van der Waals surface area contributed by atoms with Gasteiger partial charge in [0.25, 0.3) is 11.6 Å². The van der Waals surface area contributed by atoms with E-state index in [1.165, 1.54) is 31.4 Å². The normalized spacial score (nSPS) is 10.6. The smallest absolute Gasteiger partial charge is 0.387 e. The lowest BCUT2D eigenvalue weighted by molar-refractivity contribution is -0.384. The van der Waals surface area contributed by atoms with E-state index in [2.05, 4.69) is 10.1 Å². The van der Waals surface area contributed by atoms with Gasteiger partial charge in [-0.2, -0.15) is 8.78 Å². The summed E-state index contributed by atoms with van der Waals surface area (Å²) in [5.41, 5.74) is 1.28. The highest BCUT2D eigenvalue weighted by Gasteiger charge is 2.18. The Bertz CT molecular complexity index is 890. The van der Waals surface area contributed by atoms with Crippen molar-refractivity contribution < 1.29 is 28.0 Å². The second-order valence-corrected chi connectivity index (χ2v) is 6.22. The number of methoxy groups -OCH3 is 1. The summed E-state index contributed by atoms with van der Waals surface area (Å²) in [4.78, 5) is 24.7. The van der Waals surface area contributed by atoms with Gasteiger partial charge in [-0.15, -0.1) is 0 Å². The fraction of sp³-hybridized carbons (Fsp3) is 0.316. The largest absolute Gasteiger partial charge is 0.493 e. The lowest BCUT2D eigenvalue weighted by Crippen LogP contribution is -2.27. The van der Waals surface area contributed by atoms with E-state index in [0.29, 0.717) is 12.1 Å². The maximum atomic E-state index is 12.5. The molecule has 8 nitrogen and oxygen atoms in total. The molecule has 29 heavy (non-hydrogen) atoms. The Hall–Kier alpha value is -3.43. The monoisotopic (exact) mass is 409 g/mol. The first kappa shape index (κ1) is 21.9. The Labute approximate surface area is 166 Å². The van der Waals surface area contributed by atoms with Gasteiger partial charge in [-0.25, -0.2) is 0 Å². The first-order chi connectivity index (χ1) is 13.7. The number of hydrogen-bond acceptors (Lipinski definition) is 6. The van der Waals surface area contributed by atoms with E-state index in [4.69, 9.17) is 4.74 Å². The van der Waals surface area contributed by atoms with Crippen molar-refractivity contribution in [1.82, 2.24) is 5.32 Å². The quantitative estimate of drug-likeness (QED) is 0.505. The number of rotatable bonds is 9. The Balaban J connectivity index is 2.08. The maximum Gasteiger partial charge on any atom is 0.387 e. The third-order valence-corrected chi connectivity index (χ3v) is 4.06. The van der Waals surface area contributed by atoms with Crippen LogP contribution in [0.5, 0.6) is 11.5 Å². The van der Waals surface area contributed by atoms with Gasteiger partial charge in [-0.3, -0.25) is 14.9 Å². The highest BCUT2D eigenvalue weighted by atomic mass is 19.3. The minimum absolute atomic E-state index is 0.0810. The van der Waals surface area contributed by atoms with E-state index in [-0.39, 0.29) is 29.3 Å². The van der Waals surface area contributed by atoms with E-state index < -0.39 is 17.4 Å². The number of amides is 1. The standard InChI is InChI=1S/C19H21F2N3O5/c1-23(2)15-6-5-13(24(26)27)11-14(15)18(25)22-9-8-12-4-7-16(29-19(20)21)17(10-12)28-3/h4-7,10-11,19H,8-9H2,1-3H3,(H,22,25). The van der Waals surface area contributed by atoms with Gasteiger partial charge in [0.05, 0.1) is 17.6 Å². The molecule has 0 radical (unpaired) electrons. The zero-order chi connectivity index (χ0) is 21.6. The van der Waals surface area contributed by atoms with Gasteiger partial charge in [-0.1, -0.05) is 6.07 Å². The van der Waals surface area contributed by atoms with Gasteiger partial charge >= 0.3 is 6.61 Å². The van der Waals surface area contributed by atoms with Crippen LogP contribution in [0.15, 0.2) is 36.4 Å². The van der Waals surface area contributed by atoms with Crippen LogP contribution in [0.4, 0.5) is 20.2 Å². The van der Waals surface area contributed by atoms with Crippen molar-refractivity contribution in [3.8, 4) is 11.5 Å². The second kappa shape index (κ2) is 9.67. The van der Waals surface area contributed by atoms with Crippen LogP contribution in [0, 0.1) is 10.1 Å². The molecule has 0 saturated heterocycles. The summed E-state index contributed by atoms with van der Waals surface area (Å²) >= 11 is 0. The van der Waals surface area contributed by atoms with Crippen molar-refractivity contribution in [1.29, 1.82) is 0 Å². The molecule has 0 aliphatic rings. The summed E-state index contributed by atoms with van der Waals surface area (Å²) in [5, 5.41) is 13.7. The van der Waals surface area contributed by atoms with E-state index >= 15 is 0 Å². The Morgan fingerprint density at radius 1 is 1.21 bits per heavy atom. The molecule has 0 saturated carbocycles. The number of non-ortho nitro benzene ring substituents is 1. The number of benzene rings is 2. The molecule has 0 aromatic heterocycles. The highest BCUT2D eigenvalue weighted by Crippen LogP contribution is 2.29. The molecule has 10 heteroatoms. The molecule has 0 heterocycles. The first-order valence-electron chi connectivity index (χ1n) is 8.58. The predicted octanol–water partition coefficient (Wildman–Crippen LogP) is 3.24. The number of nitro groups is 1. The van der Waals surface area contributed by atoms with Crippen molar-refractivity contribution >= 4 is 17.3 Å². The van der Waals surface area contributed by atoms with Crippen LogP contribution in [-0.4, -0.2) is 45.2 Å². The third-order valence-electron chi connectivity index (χ3n) is 4.06. The average molecular weight is 409 g/mol. The van der Waals surface area contributed by atoms with Crippen molar-refractivity contribution in [2.45, 2.75) is 13.0 Å². The van der Waals surface area contributed by atoms with E-state index in [9.17, 15) is 23.7 Å². The molecule has 0 aliphatic heterocycles. The zero-order valence-electron chi connectivity index (χ0n) is 16.1. The Morgan fingerprint density at radius 3 is 2.52 bits per heavy atom. The summed E-state index contributed by atoms with van der Waals surface area (Å²) < 4.78 is 34.2. The number of nitro benzene ring substituents is 1. The van der Waals surface area contributed by atoms with Crippen molar-refractivity contribution in [3.63, 3.8) is 0 Å². The van der Waals surface area contributed by atoms with Crippen LogP contribution in [0.3, 0.4) is 0 Å². The summed E-state index contributed by atoms with van der Waals surface area (Å²) in [7, 11) is 4.80. The molecule has 0 atom stereocenters. The predicted molar refractivity (Wildman–Crippen MR) is 103 cm³/mol. The van der Waals surface area contributed by atoms with Crippen molar-refractivity contribution in [3.05, 3.63) is 57.6 Å². The van der Waals surface area contributed by atoms with Crippen LogP contribution in [0.1, 0.15) is 15.9 Å². The number of hydrogen-bond donors (Lipinski definition) is 1. The van der Waals surface area contributed by atoms with Crippen molar-refractivity contribution in [2.24, 2.45) is 0 Å². The summed E-state index contributed by atoms with van der Waals surface area (Å²) in [6.07, 6.45) is 0.392. The topological polar surface area (TPSA) is 93.9 Å². The Kier molecular flexibility index (Phi) is 7.29. The van der Waals surface area contributed by atoms with Crippen LogP contribution in [0.2, 0.25) is 0 Å². The molecule has 0 aliphatic carbocycles. The number of carbonyl (C=O) groups excluding carboxylic acids is 1. The van der Waals surface area contributed by atoms with Gasteiger partial charge in [0.15, 0.2) is 11.5 Å². The lowest BCUT2D eigenvalue weighted by Gasteiger charge is -2.17. The number of ether oxygens (including phenoxy) is 2. The second-order valence-electron chi connectivity index (χ2n) is 6.22. The summed E-state index contributed by atoms with van der Waals surface area (Å²) in [6, 6.07) is 8.57. The van der Waals surface area contributed by atoms with Gasteiger partial charge in [0.1, 0.15) is 0 Å². The molecular weight excluding hydrogens is 388 g/mol. The number of halogens is 2. The Morgan fingerprint density at radius 2 is 1.93 bits per heavy atom.